The fourth-order valence-electron chi connectivity index (χ4n) is 4.03. The standard InChI is InChI=1S/C23H24N2O3/c1-16-7-6-14-24(15-16)21-20(17-8-4-3-5-9-17)22(26)25(23(21)27)18-10-12-19(28-2)13-11-18/h3-5,8-13,16H,6-7,14-15H2,1-2H3. The van der Waals surface area contributed by atoms with E-state index in [0.717, 1.165) is 31.5 Å². The molecule has 5 heteroatoms. The van der Waals surface area contributed by atoms with Gasteiger partial charge in [-0.25, -0.2) is 4.90 Å². The highest BCUT2D eigenvalue weighted by molar-refractivity contribution is 6.45. The Morgan fingerprint density at radius 3 is 2.32 bits per heavy atom. The van der Waals surface area contributed by atoms with Crippen molar-refractivity contribution in [2.24, 2.45) is 5.92 Å². The lowest BCUT2D eigenvalue weighted by Gasteiger charge is -2.33. The molecule has 1 atom stereocenters. The van der Waals surface area contributed by atoms with Crippen LogP contribution in [0.15, 0.2) is 60.3 Å². The topological polar surface area (TPSA) is 49.9 Å². The maximum atomic E-state index is 13.4. The molecule has 2 amide bonds. The van der Waals surface area contributed by atoms with Crippen LogP contribution in [0.25, 0.3) is 5.57 Å². The maximum Gasteiger partial charge on any atom is 0.282 e. The molecule has 1 fully saturated rings. The lowest BCUT2D eigenvalue weighted by atomic mass is 9.98. The summed E-state index contributed by atoms with van der Waals surface area (Å²) in [5, 5.41) is 0. The SMILES string of the molecule is COc1ccc(N2C(=O)C(c3ccccc3)=C(N3CCCC(C)C3)C2=O)cc1. The van der Waals surface area contributed by atoms with E-state index < -0.39 is 0 Å². The molecule has 0 spiro atoms. The molecular formula is C23H24N2O3. The van der Waals surface area contributed by atoms with Crippen LogP contribution < -0.4 is 9.64 Å². The number of carbonyl (C=O) groups is 2. The molecule has 0 saturated carbocycles. The molecule has 2 aromatic rings. The smallest absolute Gasteiger partial charge is 0.282 e. The Balaban J connectivity index is 1.79. The first-order chi connectivity index (χ1) is 13.6. The molecule has 0 radical (unpaired) electrons. The van der Waals surface area contributed by atoms with Crippen molar-refractivity contribution in [1.29, 1.82) is 0 Å². The van der Waals surface area contributed by atoms with E-state index in [1.165, 1.54) is 4.90 Å². The van der Waals surface area contributed by atoms with Gasteiger partial charge >= 0.3 is 0 Å². The van der Waals surface area contributed by atoms with Gasteiger partial charge in [0.15, 0.2) is 0 Å². The number of amides is 2. The number of likely N-dealkylation sites (tertiary alicyclic amines) is 1. The van der Waals surface area contributed by atoms with Gasteiger partial charge in [0, 0.05) is 13.1 Å². The third-order valence-electron chi connectivity index (χ3n) is 5.43. The van der Waals surface area contributed by atoms with Crippen molar-refractivity contribution in [1.82, 2.24) is 4.90 Å². The number of carbonyl (C=O) groups excluding carboxylic acids is 2. The number of hydrogen-bond acceptors (Lipinski definition) is 4. The number of piperidine rings is 1. The molecule has 1 unspecified atom stereocenters. The van der Waals surface area contributed by atoms with E-state index in [0.29, 0.717) is 28.6 Å². The van der Waals surface area contributed by atoms with Crippen LogP contribution in [0.1, 0.15) is 25.3 Å². The Bertz CT molecular complexity index is 919. The van der Waals surface area contributed by atoms with Gasteiger partial charge < -0.3 is 9.64 Å². The van der Waals surface area contributed by atoms with Crippen LogP contribution in [-0.4, -0.2) is 36.9 Å². The number of nitrogens with zero attached hydrogens (tertiary/aromatic N) is 2. The van der Waals surface area contributed by atoms with Gasteiger partial charge in [-0.1, -0.05) is 37.3 Å². The van der Waals surface area contributed by atoms with Crippen LogP contribution in [0.4, 0.5) is 5.69 Å². The summed E-state index contributed by atoms with van der Waals surface area (Å²) < 4.78 is 5.20. The van der Waals surface area contributed by atoms with Crippen LogP contribution >= 0.6 is 0 Å². The number of rotatable bonds is 4. The highest BCUT2D eigenvalue weighted by atomic mass is 16.5. The minimum Gasteiger partial charge on any atom is -0.497 e. The van der Waals surface area contributed by atoms with Gasteiger partial charge in [0.25, 0.3) is 11.8 Å². The third-order valence-corrected chi connectivity index (χ3v) is 5.43. The molecule has 2 aliphatic rings. The predicted molar refractivity (Wildman–Crippen MR) is 109 cm³/mol. The summed E-state index contributed by atoms with van der Waals surface area (Å²) in [7, 11) is 1.59. The van der Waals surface area contributed by atoms with E-state index >= 15 is 0 Å². The van der Waals surface area contributed by atoms with Gasteiger partial charge in [-0.15, -0.1) is 0 Å². The zero-order valence-corrected chi connectivity index (χ0v) is 16.2. The molecule has 0 aliphatic carbocycles. The molecule has 0 bridgehead atoms. The van der Waals surface area contributed by atoms with Crippen molar-refractivity contribution in [3.63, 3.8) is 0 Å². The largest absolute Gasteiger partial charge is 0.497 e. The lowest BCUT2D eigenvalue weighted by molar-refractivity contribution is -0.120. The molecule has 0 aromatic heterocycles. The first-order valence-corrected chi connectivity index (χ1v) is 9.67. The quantitative estimate of drug-likeness (QED) is 0.764. The molecule has 2 heterocycles. The van der Waals surface area contributed by atoms with Crippen LogP contribution in [-0.2, 0) is 9.59 Å². The summed E-state index contributed by atoms with van der Waals surface area (Å²) in [5.74, 6) is 0.665. The normalized spacial score (nSPS) is 20.1. The van der Waals surface area contributed by atoms with Crippen LogP contribution in [0.5, 0.6) is 5.75 Å². The van der Waals surface area contributed by atoms with E-state index in [4.69, 9.17) is 4.74 Å². The number of methoxy groups -OCH3 is 1. The highest BCUT2D eigenvalue weighted by Crippen LogP contribution is 2.36. The molecule has 28 heavy (non-hydrogen) atoms. The first kappa shape index (κ1) is 18.3. The summed E-state index contributed by atoms with van der Waals surface area (Å²) in [5.41, 5.74) is 2.36. The van der Waals surface area contributed by atoms with E-state index in [9.17, 15) is 9.59 Å². The Hall–Kier alpha value is -3.08. The van der Waals surface area contributed by atoms with Crippen molar-refractivity contribution in [3.05, 3.63) is 65.9 Å². The minimum atomic E-state index is -0.269. The van der Waals surface area contributed by atoms with Crippen molar-refractivity contribution >= 4 is 23.1 Å². The van der Waals surface area contributed by atoms with Crippen LogP contribution in [0.2, 0.25) is 0 Å². The molecule has 144 valence electrons. The predicted octanol–water partition coefficient (Wildman–Crippen LogP) is 3.71. The summed E-state index contributed by atoms with van der Waals surface area (Å²) in [4.78, 5) is 30.2. The highest BCUT2D eigenvalue weighted by Gasteiger charge is 2.43. The van der Waals surface area contributed by atoms with Crippen molar-refractivity contribution < 1.29 is 14.3 Å². The van der Waals surface area contributed by atoms with Crippen molar-refractivity contribution in [2.75, 3.05) is 25.1 Å². The fourth-order valence-corrected chi connectivity index (χ4v) is 4.03. The number of hydrogen-bond donors (Lipinski definition) is 0. The second-order valence-electron chi connectivity index (χ2n) is 7.43. The Morgan fingerprint density at radius 1 is 0.964 bits per heavy atom. The number of anilines is 1. The van der Waals surface area contributed by atoms with Gasteiger partial charge in [0.05, 0.1) is 18.4 Å². The Morgan fingerprint density at radius 2 is 1.68 bits per heavy atom. The van der Waals surface area contributed by atoms with Gasteiger partial charge in [-0.2, -0.15) is 0 Å². The Kier molecular flexibility index (Phi) is 4.90. The second-order valence-corrected chi connectivity index (χ2v) is 7.43. The summed E-state index contributed by atoms with van der Waals surface area (Å²) in [6.07, 6.45) is 2.17. The summed E-state index contributed by atoms with van der Waals surface area (Å²) in [6.45, 7) is 3.78. The summed E-state index contributed by atoms with van der Waals surface area (Å²) in [6, 6.07) is 16.5. The van der Waals surface area contributed by atoms with Crippen molar-refractivity contribution in [2.45, 2.75) is 19.8 Å². The average molecular weight is 376 g/mol. The van der Waals surface area contributed by atoms with E-state index in [-0.39, 0.29) is 11.8 Å². The zero-order chi connectivity index (χ0) is 19.7. The summed E-state index contributed by atoms with van der Waals surface area (Å²) >= 11 is 0. The van der Waals surface area contributed by atoms with Gasteiger partial charge in [0.2, 0.25) is 0 Å². The molecule has 2 aromatic carbocycles. The van der Waals surface area contributed by atoms with Gasteiger partial charge in [0.1, 0.15) is 11.4 Å². The molecule has 2 aliphatic heterocycles. The monoisotopic (exact) mass is 376 g/mol. The van der Waals surface area contributed by atoms with Crippen LogP contribution in [0, 0.1) is 5.92 Å². The fraction of sp³-hybridized carbons (Fsp3) is 0.304. The molecule has 0 N–H and O–H groups in total. The third kappa shape index (κ3) is 3.17. The molecule has 5 nitrogen and oxygen atoms in total. The van der Waals surface area contributed by atoms with E-state index in [1.54, 1.807) is 31.4 Å². The zero-order valence-electron chi connectivity index (χ0n) is 16.2. The van der Waals surface area contributed by atoms with E-state index in [2.05, 4.69) is 11.8 Å². The van der Waals surface area contributed by atoms with Crippen LogP contribution in [0.3, 0.4) is 0 Å². The lowest BCUT2D eigenvalue weighted by Crippen LogP contribution is -2.39. The van der Waals surface area contributed by atoms with Crippen molar-refractivity contribution in [3.8, 4) is 5.75 Å². The van der Waals surface area contributed by atoms with Gasteiger partial charge in [-0.3, -0.25) is 9.59 Å². The van der Waals surface area contributed by atoms with E-state index in [1.807, 2.05) is 30.3 Å². The molecule has 1 saturated heterocycles. The Labute approximate surface area is 165 Å². The maximum absolute atomic E-state index is 13.4. The first-order valence-electron chi connectivity index (χ1n) is 9.67. The minimum absolute atomic E-state index is 0.247. The number of benzene rings is 2. The number of ether oxygens (including phenoxy) is 1. The molecular weight excluding hydrogens is 352 g/mol. The van der Waals surface area contributed by atoms with Gasteiger partial charge in [-0.05, 0) is 48.6 Å². The molecule has 4 rings (SSSR count). The second kappa shape index (κ2) is 7.50. The number of imide groups is 1. The average Bonchev–Trinajstić information content (AvgIpc) is 2.99.